The number of likely N-dealkylation sites (N-methyl/N-ethyl adjacent to an activating group) is 1. The van der Waals surface area contributed by atoms with E-state index in [1.54, 1.807) is 27.7 Å². The van der Waals surface area contributed by atoms with Crippen LogP contribution in [-0.2, 0) is 6.54 Å². The molecule has 0 fully saturated rings. The van der Waals surface area contributed by atoms with Crippen molar-refractivity contribution in [2.45, 2.75) is 59.5 Å². The Kier molecular flexibility index (Phi) is 11.9. The van der Waals surface area contributed by atoms with Crippen LogP contribution in [0.3, 0.4) is 0 Å². The van der Waals surface area contributed by atoms with Crippen LogP contribution in [0.25, 0.3) is 10.9 Å². The van der Waals surface area contributed by atoms with Gasteiger partial charge in [0.05, 0.1) is 30.8 Å². The molecular weight excluding hydrogens is 597 g/mol. The van der Waals surface area contributed by atoms with Gasteiger partial charge in [0, 0.05) is 44.4 Å². The number of amides is 2. The first kappa shape index (κ1) is 34.2. The van der Waals surface area contributed by atoms with Gasteiger partial charge in [-0.2, -0.15) is 17.7 Å². The molecule has 0 spiro atoms. The topological polar surface area (TPSA) is 98.9 Å². The Bertz CT molecular complexity index is 1540. The third-order valence-corrected chi connectivity index (χ3v) is 7.71. The summed E-state index contributed by atoms with van der Waals surface area (Å²) in [6.45, 7) is 9.38. The number of halogens is 2. The van der Waals surface area contributed by atoms with E-state index in [9.17, 15) is 18.8 Å². The number of carbonyl (C=O) groups is 2. The van der Waals surface area contributed by atoms with Gasteiger partial charge >= 0.3 is 0 Å². The lowest BCUT2D eigenvalue weighted by Gasteiger charge is -2.33. The van der Waals surface area contributed by atoms with Gasteiger partial charge in [0.1, 0.15) is 17.0 Å². The number of carbonyl (C=O) groups excluding carboxylic acids is 2. The number of aromatic nitrogens is 3. The second-order valence-electron chi connectivity index (χ2n) is 9.99. The van der Waals surface area contributed by atoms with Crippen LogP contribution in [0.15, 0.2) is 16.9 Å². The Balaban J connectivity index is 0.00000121. The van der Waals surface area contributed by atoms with Crippen molar-refractivity contribution >= 4 is 46.9 Å². The summed E-state index contributed by atoms with van der Waals surface area (Å²) in [4.78, 5) is 44.6. The number of thiol groups is 1. The van der Waals surface area contributed by atoms with E-state index >= 15 is 0 Å². The van der Waals surface area contributed by atoms with Crippen molar-refractivity contribution in [2.24, 2.45) is 0 Å². The van der Waals surface area contributed by atoms with Gasteiger partial charge < -0.3 is 23.8 Å². The summed E-state index contributed by atoms with van der Waals surface area (Å²) in [5.41, 5.74) is 0.410. The number of ether oxygens (including phenoxy) is 2. The van der Waals surface area contributed by atoms with Crippen LogP contribution in [0.1, 0.15) is 79.5 Å². The SMILES string of the molecule is CC.CCN1CC(C)n2c(c(OC)c3c(=O)n4nc(c32)C(=O)N(C)CCCCCOc2cc(F)c(Cl)cc2C4)C1=O.CS. The van der Waals surface area contributed by atoms with Crippen LogP contribution in [-0.4, -0.2) is 82.6 Å². The predicted octanol–water partition coefficient (Wildman–Crippen LogP) is 5.29. The van der Waals surface area contributed by atoms with Gasteiger partial charge in [-0.25, -0.2) is 9.07 Å². The van der Waals surface area contributed by atoms with Crippen molar-refractivity contribution in [3.63, 3.8) is 0 Å². The third kappa shape index (κ3) is 6.50. The van der Waals surface area contributed by atoms with Crippen LogP contribution in [0.2, 0.25) is 5.02 Å². The average molecular weight is 638 g/mol. The molecule has 1 atom stereocenters. The maximum Gasteiger partial charge on any atom is 0.280 e. The summed E-state index contributed by atoms with van der Waals surface area (Å²) in [5.74, 6) is -0.946. The number of fused-ring (bicyclic) bond motifs is 7. The lowest BCUT2D eigenvalue weighted by atomic mass is 10.1. The molecule has 2 amide bonds. The van der Waals surface area contributed by atoms with E-state index in [1.807, 2.05) is 27.7 Å². The number of methoxy groups -OCH3 is 1. The highest BCUT2D eigenvalue weighted by Gasteiger charge is 2.38. The van der Waals surface area contributed by atoms with E-state index in [1.165, 1.54) is 19.2 Å². The van der Waals surface area contributed by atoms with E-state index in [-0.39, 0.29) is 63.2 Å². The zero-order valence-electron chi connectivity index (χ0n) is 25.9. The van der Waals surface area contributed by atoms with Gasteiger partial charge in [-0.3, -0.25) is 14.4 Å². The molecule has 5 rings (SSSR count). The molecule has 13 heteroatoms. The van der Waals surface area contributed by atoms with E-state index in [2.05, 4.69) is 17.7 Å². The molecule has 2 aliphatic rings. The maximum atomic E-state index is 14.3. The number of hydrogen-bond donors (Lipinski definition) is 1. The average Bonchev–Trinajstić information content (AvgIpc) is 3.38. The van der Waals surface area contributed by atoms with E-state index in [4.69, 9.17) is 21.1 Å². The first-order valence-electron chi connectivity index (χ1n) is 14.5. The van der Waals surface area contributed by atoms with Crippen molar-refractivity contribution in [1.82, 2.24) is 24.1 Å². The predicted molar refractivity (Wildman–Crippen MR) is 170 cm³/mol. The Hall–Kier alpha value is -3.25. The minimum Gasteiger partial charge on any atom is -0.493 e. The molecule has 2 aliphatic heterocycles. The molecule has 0 saturated heterocycles. The van der Waals surface area contributed by atoms with Gasteiger partial charge in [0.25, 0.3) is 17.4 Å². The smallest absolute Gasteiger partial charge is 0.280 e. The van der Waals surface area contributed by atoms with Crippen LogP contribution >= 0.6 is 24.2 Å². The van der Waals surface area contributed by atoms with Crippen LogP contribution in [0.5, 0.6) is 11.5 Å². The number of rotatable bonds is 2. The van der Waals surface area contributed by atoms with Crippen LogP contribution in [0.4, 0.5) is 4.39 Å². The van der Waals surface area contributed by atoms with Crippen molar-refractivity contribution in [3.05, 3.63) is 50.3 Å². The highest BCUT2D eigenvalue weighted by atomic mass is 35.5. The van der Waals surface area contributed by atoms with Crippen molar-refractivity contribution in [3.8, 4) is 11.5 Å². The first-order valence-corrected chi connectivity index (χ1v) is 15.8. The number of hydrogen-bond acceptors (Lipinski definition) is 7. The molecule has 1 unspecified atom stereocenters. The summed E-state index contributed by atoms with van der Waals surface area (Å²) in [6, 6.07) is 2.36. The zero-order valence-corrected chi connectivity index (χ0v) is 27.5. The molecule has 0 saturated carbocycles. The number of benzene rings is 1. The van der Waals surface area contributed by atoms with E-state index < -0.39 is 11.4 Å². The molecule has 1 aromatic carbocycles. The molecule has 0 radical (unpaired) electrons. The highest BCUT2D eigenvalue weighted by Crippen LogP contribution is 2.39. The summed E-state index contributed by atoms with van der Waals surface area (Å²) < 4.78 is 28.8. The minimum absolute atomic E-state index is 0.0361. The van der Waals surface area contributed by atoms with Crippen molar-refractivity contribution in [1.29, 1.82) is 0 Å². The Labute approximate surface area is 262 Å². The Morgan fingerprint density at radius 3 is 2.49 bits per heavy atom. The molecule has 4 heterocycles. The second-order valence-corrected chi connectivity index (χ2v) is 10.4. The largest absolute Gasteiger partial charge is 0.493 e. The lowest BCUT2D eigenvalue weighted by molar-refractivity contribution is 0.0683. The van der Waals surface area contributed by atoms with Crippen molar-refractivity contribution in [2.75, 3.05) is 46.7 Å². The zero-order chi connectivity index (χ0) is 32.0. The fourth-order valence-electron chi connectivity index (χ4n) is 5.42. The summed E-state index contributed by atoms with van der Waals surface area (Å²) in [5, 5.41) is 4.52. The summed E-state index contributed by atoms with van der Waals surface area (Å²) in [6.07, 6.45) is 3.90. The maximum absolute atomic E-state index is 14.3. The fourth-order valence-corrected chi connectivity index (χ4v) is 5.61. The van der Waals surface area contributed by atoms with E-state index in [0.717, 1.165) is 11.1 Å². The van der Waals surface area contributed by atoms with Gasteiger partial charge in [-0.1, -0.05) is 25.4 Å². The van der Waals surface area contributed by atoms with Crippen molar-refractivity contribution < 1.29 is 23.5 Å². The van der Waals surface area contributed by atoms with E-state index in [0.29, 0.717) is 44.6 Å². The first-order chi connectivity index (χ1) is 20.7. The summed E-state index contributed by atoms with van der Waals surface area (Å²) in [7, 11) is 3.09. The second kappa shape index (κ2) is 15.0. The molecule has 3 aromatic rings. The number of nitrogens with zero attached hydrogens (tertiary/aromatic N) is 5. The monoisotopic (exact) mass is 637 g/mol. The summed E-state index contributed by atoms with van der Waals surface area (Å²) >= 11 is 9.62. The molecule has 0 aliphatic carbocycles. The molecule has 236 valence electrons. The van der Waals surface area contributed by atoms with Gasteiger partial charge in [0.2, 0.25) is 0 Å². The van der Waals surface area contributed by atoms with Gasteiger partial charge in [-0.05, 0) is 45.4 Å². The normalized spacial score (nSPS) is 17.0. The quantitative estimate of drug-likeness (QED) is 0.384. The van der Waals surface area contributed by atoms with Gasteiger partial charge in [0.15, 0.2) is 17.1 Å². The molecule has 2 aromatic heterocycles. The van der Waals surface area contributed by atoms with Gasteiger partial charge in [-0.15, -0.1) is 0 Å². The highest BCUT2D eigenvalue weighted by molar-refractivity contribution is 7.79. The fraction of sp³-hybridized carbons (Fsp3) is 0.533. The molecular formula is C30H41ClFN5O5S. The van der Waals surface area contributed by atoms with Crippen LogP contribution in [0, 0.1) is 5.82 Å². The molecule has 43 heavy (non-hydrogen) atoms. The third-order valence-electron chi connectivity index (χ3n) is 7.42. The minimum atomic E-state index is -0.639. The lowest BCUT2D eigenvalue weighted by Crippen LogP contribution is -2.42. The standard InChI is InChI=1S/C27H31ClFN5O5.C2H6.CH4S/c1-5-32-13-15(2)34-22-20(24(38-4)23(34)27(32)37)25(35)33-14-16-11-17(28)18(29)12-19(16)39-10-8-6-7-9-31(3)26(36)21(22)30-33;2*1-2/h11-12,15H,5-10,13-14H2,1-4H3;1-2H3;2H,1H3. The molecule has 0 N–H and O–H groups in total. The molecule has 2 bridgehead atoms. The van der Waals surface area contributed by atoms with Crippen LogP contribution < -0.4 is 15.0 Å². The Morgan fingerprint density at radius 1 is 1.14 bits per heavy atom. The Morgan fingerprint density at radius 2 is 1.84 bits per heavy atom. The molecule has 10 nitrogen and oxygen atoms in total.